The lowest BCUT2D eigenvalue weighted by molar-refractivity contribution is -0.117. The average molecular weight is 402 g/mol. The van der Waals surface area contributed by atoms with Gasteiger partial charge in [0.25, 0.3) is 5.78 Å². The molecule has 1 aliphatic rings. The Morgan fingerprint density at radius 3 is 2.86 bits per heavy atom. The molecule has 2 aromatic heterocycles. The fourth-order valence-corrected chi connectivity index (χ4v) is 3.48. The van der Waals surface area contributed by atoms with Gasteiger partial charge < -0.3 is 10.2 Å². The molecule has 1 fully saturated rings. The second-order valence-corrected chi connectivity index (χ2v) is 7.27. The third-order valence-corrected chi connectivity index (χ3v) is 4.92. The number of fused-ring (bicyclic) bond motifs is 1. The van der Waals surface area contributed by atoms with Crippen molar-refractivity contribution in [1.82, 2.24) is 19.2 Å². The Bertz CT molecular complexity index is 1130. The van der Waals surface area contributed by atoms with Gasteiger partial charge in [0.1, 0.15) is 12.4 Å². The molecule has 29 heavy (non-hydrogen) atoms. The van der Waals surface area contributed by atoms with E-state index < -0.39 is 23.2 Å². The number of nitrogens with zero attached hydrogens (tertiary/aromatic N) is 5. The summed E-state index contributed by atoms with van der Waals surface area (Å²) in [4.78, 5) is 31.3. The second kappa shape index (κ2) is 7.61. The van der Waals surface area contributed by atoms with E-state index >= 15 is 0 Å². The summed E-state index contributed by atoms with van der Waals surface area (Å²) in [6, 6.07) is 4.78. The van der Waals surface area contributed by atoms with Crippen LogP contribution < -0.4 is 15.9 Å². The smallest absolute Gasteiger partial charge is 0.352 e. The molecule has 1 unspecified atom stereocenters. The number of piperidine rings is 1. The predicted octanol–water partition coefficient (Wildman–Crippen LogP) is 2.04. The van der Waals surface area contributed by atoms with Gasteiger partial charge in [0.15, 0.2) is 11.6 Å². The number of amides is 1. The molecule has 152 valence electrons. The lowest BCUT2D eigenvalue weighted by Crippen LogP contribution is -2.34. The molecule has 1 saturated heterocycles. The Morgan fingerprint density at radius 1 is 1.28 bits per heavy atom. The average Bonchev–Trinajstić information content (AvgIpc) is 2.99. The van der Waals surface area contributed by atoms with Gasteiger partial charge in [0, 0.05) is 31.0 Å². The number of carbonyl (C=O) groups is 1. The first-order chi connectivity index (χ1) is 13.9. The first kappa shape index (κ1) is 19.0. The molecule has 4 rings (SSSR count). The molecule has 10 heteroatoms. The zero-order valence-electron chi connectivity index (χ0n) is 15.8. The van der Waals surface area contributed by atoms with Crippen LogP contribution in [0.25, 0.3) is 5.78 Å². The number of hydrogen-bond acceptors (Lipinski definition) is 5. The SMILES string of the molecule is CC1CCCN(c2ccn3c(=O)n(CC(=O)Nc4ccc(F)c(F)c4)nc3n2)C1. The highest BCUT2D eigenvalue weighted by molar-refractivity contribution is 5.90. The summed E-state index contributed by atoms with van der Waals surface area (Å²) in [6.45, 7) is 3.60. The van der Waals surface area contributed by atoms with E-state index in [4.69, 9.17) is 0 Å². The van der Waals surface area contributed by atoms with Gasteiger partial charge in [0.05, 0.1) is 0 Å². The highest BCUT2D eigenvalue weighted by Gasteiger charge is 2.19. The third kappa shape index (κ3) is 3.96. The van der Waals surface area contributed by atoms with Crippen LogP contribution in [0, 0.1) is 17.6 Å². The maximum atomic E-state index is 13.3. The normalized spacial score (nSPS) is 16.9. The topological polar surface area (TPSA) is 84.5 Å². The van der Waals surface area contributed by atoms with Gasteiger partial charge in [-0.1, -0.05) is 6.92 Å². The third-order valence-electron chi connectivity index (χ3n) is 4.92. The Balaban J connectivity index is 1.53. The van der Waals surface area contributed by atoms with Crippen LogP contribution >= 0.6 is 0 Å². The second-order valence-electron chi connectivity index (χ2n) is 7.27. The van der Waals surface area contributed by atoms with Crippen molar-refractivity contribution in [3.63, 3.8) is 0 Å². The van der Waals surface area contributed by atoms with E-state index in [0.717, 1.165) is 42.1 Å². The quantitative estimate of drug-likeness (QED) is 0.722. The molecular formula is C19H20F2N6O2. The van der Waals surface area contributed by atoms with Gasteiger partial charge in [-0.25, -0.2) is 22.7 Å². The van der Waals surface area contributed by atoms with Crippen LogP contribution in [-0.2, 0) is 11.3 Å². The van der Waals surface area contributed by atoms with Crippen LogP contribution in [0.2, 0.25) is 0 Å². The molecule has 1 aliphatic heterocycles. The molecule has 3 aromatic rings. The summed E-state index contributed by atoms with van der Waals surface area (Å²) in [7, 11) is 0. The molecule has 0 spiro atoms. The van der Waals surface area contributed by atoms with E-state index in [9.17, 15) is 18.4 Å². The maximum Gasteiger partial charge on any atom is 0.352 e. The predicted molar refractivity (Wildman–Crippen MR) is 103 cm³/mol. The van der Waals surface area contributed by atoms with Gasteiger partial charge >= 0.3 is 5.69 Å². The number of nitrogens with one attached hydrogen (secondary N) is 1. The molecule has 1 atom stereocenters. The van der Waals surface area contributed by atoms with Crippen molar-refractivity contribution in [2.45, 2.75) is 26.3 Å². The van der Waals surface area contributed by atoms with Gasteiger partial charge in [-0.3, -0.25) is 4.79 Å². The molecule has 3 heterocycles. The molecule has 0 radical (unpaired) electrons. The first-order valence-electron chi connectivity index (χ1n) is 9.37. The molecule has 0 saturated carbocycles. The lowest BCUT2D eigenvalue weighted by atomic mass is 10.0. The van der Waals surface area contributed by atoms with Crippen LogP contribution in [0.5, 0.6) is 0 Å². The fraction of sp³-hybridized carbons (Fsp3) is 0.368. The summed E-state index contributed by atoms with van der Waals surface area (Å²) in [5.41, 5.74) is -0.420. The maximum absolute atomic E-state index is 13.3. The van der Waals surface area contributed by atoms with E-state index in [0.29, 0.717) is 5.92 Å². The standard InChI is InChI=1S/C19H20F2N6O2/c1-12-3-2-7-25(10-12)16-6-8-26-18(23-16)24-27(19(26)29)11-17(28)22-13-4-5-14(20)15(21)9-13/h4-6,8-9,12H,2-3,7,10-11H2,1H3,(H,22,28). The van der Waals surface area contributed by atoms with Crippen LogP contribution in [-0.4, -0.2) is 38.2 Å². The minimum absolute atomic E-state index is 0.0883. The molecule has 0 aliphatic carbocycles. The Labute approximate surface area is 164 Å². The van der Waals surface area contributed by atoms with Crippen molar-refractivity contribution in [3.8, 4) is 0 Å². The Morgan fingerprint density at radius 2 is 2.10 bits per heavy atom. The first-order valence-corrected chi connectivity index (χ1v) is 9.37. The number of anilines is 2. The van der Waals surface area contributed by atoms with Crippen molar-refractivity contribution in [2.24, 2.45) is 5.92 Å². The van der Waals surface area contributed by atoms with E-state index in [1.54, 1.807) is 12.3 Å². The number of carbonyl (C=O) groups excluding carboxylic acids is 1. The lowest BCUT2D eigenvalue weighted by Gasteiger charge is -2.31. The van der Waals surface area contributed by atoms with Gasteiger partial charge in [-0.2, -0.15) is 4.98 Å². The summed E-state index contributed by atoms with van der Waals surface area (Å²) < 4.78 is 28.5. The van der Waals surface area contributed by atoms with Crippen LogP contribution in [0.4, 0.5) is 20.3 Å². The van der Waals surface area contributed by atoms with E-state index in [-0.39, 0.29) is 18.0 Å². The number of rotatable bonds is 4. The molecule has 1 amide bonds. The molecule has 1 aromatic carbocycles. The van der Waals surface area contributed by atoms with Crippen LogP contribution in [0.3, 0.4) is 0 Å². The fourth-order valence-electron chi connectivity index (χ4n) is 3.48. The van der Waals surface area contributed by atoms with Crippen molar-refractivity contribution >= 4 is 23.2 Å². The van der Waals surface area contributed by atoms with Gasteiger partial charge in [0.2, 0.25) is 5.91 Å². The Kier molecular flexibility index (Phi) is 4.99. The summed E-state index contributed by atoms with van der Waals surface area (Å²) >= 11 is 0. The Hall–Kier alpha value is -3.30. The van der Waals surface area contributed by atoms with Crippen molar-refractivity contribution < 1.29 is 13.6 Å². The molecule has 1 N–H and O–H groups in total. The minimum Gasteiger partial charge on any atom is -0.356 e. The zero-order chi connectivity index (χ0) is 20.5. The van der Waals surface area contributed by atoms with Crippen molar-refractivity contribution in [1.29, 1.82) is 0 Å². The van der Waals surface area contributed by atoms with Crippen LogP contribution in [0.1, 0.15) is 19.8 Å². The number of aromatic nitrogens is 4. The van der Waals surface area contributed by atoms with E-state index in [2.05, 4.69) is 27.2 Å². The highest BCUT2D eigenvalue weighted by Crippen LogP contribution is 2.21. The van der Waals surface area contributed by atoms with Gasteiger partial charge in [-0.05, 0) is 37.0 Å². The zero-order valence-corrected chi connectivity index (χ0v) is 15.8. The molecular weight excluding hydrogens is 382 g/mol. The highest BCUT2D eigenvalue weighted by atomic mass is 19.2. The number of hydrogen-bond donors (Lipinski definition) is 1. The van der Waals surface area contributed by atoms with Crippen molar-refractivity contribution in [3.05, 3.63) is 52.6 Å². The monoisotopic (exact) mass is 402 g/mol. The van der Waals surface area contributed by atoms with Gasteiger partial charge in [-0.15, -0.1) is 5.10 Å². The van der Waals surface area contributed by atoms with E-state index in [1.807, 2.05) is 0 Å². The summed E-state index contributed by atoms with van der Waals surface area (Å²) in [5.74, 6) is -1.16. The molecule has 0 bridgehead atoms. The van der Waals surface area contributed by atoms with Crippen LogP contribution in [0.15, 0.2) is 35.3 Å². The molecule has 8 nitrogen and oxygen atoms in total. The minimum atomic E-state index is -1.07. The van der Waals surface area contributed by atoms with E-state index in [1.165, 1.54) is 16.9 Å². The number of halogens is 2. The summed E-state index contributed by atoms with van der Waals surface area (Å²) in [6.07, 6.45) is 3.86. The van der Waals surface area contributed by atoms with Crippen molar-refractivity contribution in [2.75, 3.05) is 23.3 Å². The summed E-state index contributed by atoms with van der Waals surface area (Å²) in [5, 5.41) is 6.55. The largest absolute Gasteiger partial charge is 0.356 e. The number of benzene rings is 1.